The van der Waals surface area contributed by atoms with Gasteiger partial charge in [0.2, 0.25) is 0 Å². The van der Waals surface area contributed by atoms with Gasteiger partial charge in [-0.2, -0.15) is 5.10 Å². The van der Waals surface area contributed by atoms with Crippen molar-refractivity contribution in [2.24, 2.45) is 5.10 Å². The fourth-order valence-electron chi connectivity index (χ4n) is 1.66. The number of anilines is 1. The van der Waals surface area contributed by atoms with E-state index in [2.05, 4.69) is 22.8 Å². The lowest BCUT2D eigenvalue weighted by atomic mass is 10.3. The summed E-state index contributed by atoms with van der Waals surface area (Å²) in [6.07, 6.45) is 4.05. The molecule has 18 heavy (non-hydrogen) atoms. The summed E-state index contributed by atoms with van der Waals surface area (Å²) in [6.45, 7) is 2.08. The van der Waals surface area contributed by atoms with Crippen molar-refractivity contribution >= 4 is 28.7 Å². The van der Waals surface area contributed by atoms with Gasteiger partial charge in [0.15, 0.2) is 5.11 Å². The molecule has 2 N–H and O–H groups in total. The summed E-state index contributed by atoms with van der Waals surface area (Å²) < 4.78 is 12.7. The summed E-state index contributed by atoms with van der Waals surface area (Å²) in [5.74, 6) is -0.272. The highest BCUT2D eigenvalue weighted by Crippen LogP contribution is 2.14. The molecular weight excluding hydrogens is 249 g/mol. The SMILES string of the molecule is CC1=C/C(=N\NC(=S)Nc2ccc(F)cc2)CC1. The number of allylic oxidation sites excluding steroid dienone is 2. The van der Waals surface area contributed by atoms with Crippen LogP contribution in [0.3, 0.4) is 0 Å². The number of rotatable bonds is 2. The minimum Gasteiger partial charge on any atom is -0.331 e. The zero-order chi connectivity index (χ0) is 13.0. The highest BCUT2D eigenvalue weighted by Gasteiger charge is 2.06. The van der Waals surface area contributed by atoms with Crippen LogP contribution in [0.5, 0.6) is 0 Å². The maximum Gasteiger partial charge on any atom is 0.191 e. The van der Waals surface area contributed by atoms with Gasteiger partial charge in [0.1, 0.15) is 5.82 Å². The van der Waals surface area contributed by atoms with Crippen molar-refractivity contribution in [1.29, 1.82) is 0 Å². The second kappa shape index (κ2) is 5.73. The maximum atomic E-state index is 12.7. The van der Waals surface area contributed by atoms with Gasteiger partial charge in [0, 0.05) is 5.69 Å². The van der Waals surface area contributed by atoms with Crippen LogP contribution < -0.4 is 10.7 Å². The van der Waals surface area contributed by atoms with Gasteiger partial charge in [-0.15, -0.1) is 0 Å². The van der Waals surface area contributed by atoms with Crippen molar-refractivity contribution in [2.75, 3.05) is 5.32 Å². The number of thiocarbonyl (C=S) groups is 1. The number of hydrogen-bond donors (Lipinski definition) is 2. The molecule has 1 aromatic rings. The molecule has 0 aliphatic heterocycles. The van der Waals surface area contributed by atoms with E-state index in [4.69, 9.17) is 12.2 Å². The number of nitrogens with zero attached hydrogens (tertiary/aromatic N) is 1. The minimum absolute atomic E-state index is 0.272. The number of halogens is 1. The van der Waals surface area contributed by atoms with E-state index in [1.807, 2.05) is 6.08 Å². The largest absolute Gasteiger partial charge is 0.331 e. The molecule has 0 saturated heterocycles. The average molecular weight is 263 g/mol. The Morgan fingerprint density at radius 3 is 2.61 bits per heavy atom. The van der Waals surface area contributed by atoms with Crippen LogP contribution in [0.4, 0.5) is 10.1 Å². The van der Waals surface area contributed by atoms with E-state index >= 15 is 0 Å². The molecule has 0 radical (unpaired) electrons. The van der Waals surface area contributed by atoms with Gasteiger partial charge in [-0.25, -0.2) is 4.39 Å². The van der Waals surface area contributed by atoms with Crippen LogP contribution in [0.2, 0.25) is 0 Å². The molecule has 0 heterocycles. The second-order valence-corrected chi connectivity index (χ2v) is 4.57. The molecule has 0 aromatic heterocycles. The van der Waals surface area contributed by atoms with Gasteiger partial charge in [0.05, 0.1) is 5.71 Å². The van der Waals surface area contributed by atoms with Crippen molar-refractivity contribution in [3.63, 3.8) is 0 Å². The molecular formula is C13H14FN3S. The van der Waals surface area contributed by atoms with Gasteiger partial charge < -0.3 is 5.32 Å². The topological polar surface area (TPSA) is 36.4 Å². The van der Waals surface area contributed by atoms with E-state index in [0.717, 1.165) is 24.2 Å². The Morgan fingerprint density at radius 1 is 1.28 bits per heavy atom. The summed E-state index contributed by atoms with van der Waals surface area (Å²) in [5, 5.41) is 7.53. The monoisotopic (exact) mass is 263 g/mol. The molecule has 1 aliphatic carbocycles. The van der Waals surface area contributed by atoms with Gasteiger partial charge in [-0.05, 0) is 62.3 Å². The lowest BCUT2D eigenvalue weighted by molar-refractivity contribution is 0.628. The second-order valence-electron chi connectivity index (χ2n) is 4.17. The predicted octanol–water partition coefficient (Wildman–Crippen LogP) is 3.21. The van der Waals surface area contributed by atoms with Gasteiger partial charge in [-0.1, -0.05) is 5.57 Å². The quantitative estimate of drug-likeness (QED) is 0.635. The Kier molecular flexibility index (Phi) is 4.04. The summed E-state index contributed by atoms with van der Waals surface area (Å²) in [5.41, 5.74) is 5.83. The molecule has 1 aliphatic rings. The third-order valence-electron chi connectivity index (χ3n) is 2.59. The highest BCUT2D eigenvalue weighted by molar-refractivity contribution is 7.80. The van der Waals surface area contributed by atoms with Crippen molar-refractivity contribution in [3.8, 4) is 0 Å². The number of nitrogens with one attached hydrogen (secondary N) is 2. The van der Waals surface area contributed by atoms with E-state index in [0.29, 0.717) is 5.11 Å². The normalized spacial score (nSPS) is 16.6. The Balaban J connectivity index is 1.88. The first-order valence-corrected chi connectivity index (χ1v) is 6.10. The molecule has 0 atom stereocenters. The highest BCUT2D eigenvalue weighted by atomic mass is 32.1. The van der Waals surface area contributed by atoms with Crippen molar-refractivity contribution in [1.82, 2.24) is 5.43 Å². The molecule has 0 amide bonds. The molecule has 5 heteroatoms. The van der Waals surface area contributed by atoms with E-state index in [-0.39, 0.29) is 5.82 Å². The van der Waals surface area contributed by atoms with Gasteiger partial charge >= 0.3 is 0 Å². The third-order valence-corrected chi connectivity index (χ3v) is 2.78. The number of hydrogen-bond acceptors (Lipinski definition) is 2. The van der Waals surface area contributed by atoms with E-state index in [1.165, 1.54) is 17.7 Å². The van der Waals surface area contributed by atoms with Crippen LogP contribution in [-0.2, 0) is 0 Å². The zero-order valence-corrected chi connectivity index (χ0v) is 10.9. The molecule has 0 saturated carbocycles. The standard InChI is InChI=1S/C13H14FN3S/c1-9-2-5-12(8-9)16-17-13(18)15-11-6-3-10(14)4-7-11/h3-4,6-8H,2,5H2,1H3,(H2,15,17,18)/b16-12-. The van der Waals surface area contributed by atoms with Gasteiger partial charge in [-0.3, -0.25) is 5.43 Å². The molecule has 0 unspecified atom stereocenters. The number of hydrazone groups is 1. The van der Waals surface area contributed by atoms with Crippen LogP contribution in [0.25, 0.3) is 0 Å². The van der Waals surface area contributed by atoms with Gasteiger partial charge in [0.25, 0.3) is 0 Å². The Hall–Kier alpha value is -1.75. The fraction of sp³-hybridized carbons (Fsp3) is 0.231. The van der Waals surface area contributed by atoms with Crippen molar-refractivity contribution in [2.45, 2.75) is 19.8 Å². The molecule has 3 nitrogen and oxygen atoms in total. The van der Waals surface area contributed by atoms with E-state index in [9.17, 15) is 4.39 Å². The maximum absolute atomic E-state index is 12.7. The summed E-state index contributed by atoms with van der Waals surface area (Å²) in [7, 11) is 0. The van der Waals surface area contributed by atoms with Crippen LogP contribution in [0, 0.1) is 5.82 Å². The first-order valence-electron chi connectivity index (χ1n) is 5.70. The molecule has 0 spiro atoms. The van der Waals surface area contributed by atoms with E-state index in [1.54, 1.807) is 12.1 Å². The molecule has 0 bridgehead atoms. The summed E-state index contributed by atoms with van der Waals surface area (Å²) >= 11 is 5.09. The Bertz CT molecular complexity index is 505. The fourth-order valence-corrected chi connectivity index (χ4v) is 1.82. The van der Waals surface area contributed by atoms with Crippen LogP contribution >= 0.6 is 12.2 Å². The first kappa shape index (κ1) is 12.7. The van der Waals surface area contributed by atoms with E-state index < -0.39 is 0 Å². The Morgan fingerprint density at radius 2 is 2.00 bits per heavy atom. The minimum atomic E-state index is -0.272. The van der Waals surface area contributed by atoms with Crippen molar-refractivity contribution in [3.05, 3.63) is 41.7 Å². The Labute approximate surface area is 111 Å². The summed E-state index contributed by atoms with van der Waals surface area (Å²) in [6, 6.07) is 5.99. The van der Waals surface area contributed by atoms with Crippen LogP contribution in [0.1, 0.15) is 19.8 Å². The predicted molar refractivity (Wildman–Crippen MR) is 76.2 cm³/mol. The van der Waals surface area contributed by atoms with Crippen molar-refractivity contribution < 1.29 is 4.39 Å². The first-order chi connectivity index (χ1) is 8.63. The molecule has 2 rings (SSSR count). The summed E-state index contributed by atoms with van der Waals surface area (Å²) in [4.78, 5) is 0. The van der Waals surface area contributed by atoms with Crippen LogP contribution in [0.15, 0.2) is 41.0 Å². The molecule has 94 valence electrons. The number of benzene rings is 1. The lowest BCUT2D eigenvalue weighted by Crippen LogP contribution is -2.24. The van der Waals surface area contributed by atoms with Crippen LogP contribution in [-0.4, -0.2) is 10.8 Å². The molecule has 1 aromatic carbocycles. The third kappa shape index (κ3) is 3.63. The average Bonchev–Trinajstić information content (AvgIpc) is 2.76. The zero-order valence-electron chi connectivity index (χ0n) is 10.0. The smallest absolute Gasteiger partial charge is 0.191 e. The lowest BCUT2D eigenvalue weighted by Gasteiger charge is -2.07. The molecule has 0 fully saturated rings.